The SMILES string of the molecule is COC1(C)C(=O)C(OC(C)C)=C(OC(C)C)C1=O. The van der Waals surface area contributed by atoms with Gasteiger partial charge in [-0.1, -0.05) is 0 Å². The van der Waals surface area contributed by atoms with E-state index >= 15 is 0 Å². The van der Waals surface area contributed by atoms with Gasteiger partial charge in [-0.05, 0) is 34.6 Å². The van der Waals surface area contributed by atoms with E-state index in [1.165, 1.54) is 14.0 Å². The quantitative estimate of drug-likeness (QED) is 0.699. The van der Waals surface area contributed by atoms with E-state index in [1.54, 1.807) is 27.7 Å². The van der Waals surface area contributed by atoms with Gasteiger partial charge in [0.05, 0.1) is 12.2 Å². The molecule has 0 saturated heterocycles. The van der Waals surface area contributed by atoms with E-state index in [0.29, 0.717) is 0 Å². The molecule has 1 aliphatic carbocycles. The fourth-order valence-corrected chi connectivity index (χ4v) is 1.61. The first-order chi connectivity index (χ1) is 8.24. The standard InChI is InChI=1S/C13H20O5/c1-7(2)17-9-10(18-8(3)4)12(15)13(5,16-6)11(9)14/h7-8H,1-6H3. The smallest absolute Gasteiger partial charge is 0.240 e. The molecule has 5 heteroatoms. The van der Waals surface area contributed by atoms with E-state index in [4.69, 9.17) is 14.2 Å². The summed E-state index contributed by atoms with van der Waals surface area (Å²) in [5.74, 6) is -1.04. The first kappa shape index (κ1) is 14.7. The minimum Gasteiger partial charge on any atom is -0.484 e. The molecule has 0 radical (unpaired) electrons. The summed E-state index contributed by atoms with van der Waals surface area (Å²) < 4.78 is 15.9. The van der Waals surface area contributed by atoms with Crippen LogP contribution in [-0.2, 0) is 23.8 Å². The zero-order chi connectivity index (χ0) is 14.1. The Morgan fingerprint density at radius 1 is 0.889 bits per heavy atom. The van der Waals surface area contributed by atoms with Crippen molar-refractivity contribution in [1.82, 2.24) is 0 Å². The third-order valence-electron chi connectivity index (χ3n) is 2.60. The van der Waals surface area contributed by atoms with Crippen molar-refractivity contribution in [2.24, 2.45) is 0 Å². The van der Waals surface area contributed by atoms with E-state index < -0.39 is 17.2 Å². The molecule has 0 spiro atoms. The van der Waals surface area contributed by atoms with Gasteiger partial charge in [0.2, 0.25) is 23.1 Å². The Labute approximate surface area is 107 Å². The maximum Gasteiger partial charge on any atom is 0.240 e. The second-order valence-corrected chi connectivity index (χ2v) is 4.89. The number of methoxy groups -OCH3 is 1. The molecule has 0 aromatic rings. The zero-order valence-electron chi connectivity index (χ0n) is 11.7. The van der Waals surface area contributed by atoms with Gasteiger partial charge in [-0.25, -0.2) is 0 Å². The Bertz CT molecular complexity index is 360. The third kappa shape index (κ3) is 2.41. The number of hydrogen-bond acceptors (Lipinski definition) is 5. The highest BCUT2D eigenvalue weighted by molar-refractivity contribution is 6.28. The van der Waals surface area contributed by atoms with E-state index in [0.717, 1.165) is 0 Å². The molecule has 0 atom stereocenters. The van der Waals surface area contributed by atoms with Gasteiger partial charge in [0, 0.05) is 7.11 Å². The molecule has 0 saturated carbocycles. The lowest BCUT2D eigenvalue weighted by Crippen LogP contribution is -2.42. The fraction of sp³-hybridized carbons (Fsp3) is 0.692. The predicted octanol–water partition coefficient (Wildman–Crippen LogP) is 1.60. The van der Waals surface area contributed by atoms with Crippen LogP contribution in [-0.4, -0.2) is 36.5 Å². The summed E-state index contributed by atoms with van der Waals surface area (Å²) in [4.78, 5) is 24.4. The Morgan fingerprint density at radius 3 is 1.44 bits per heavy atom. The first-order valence-electron chi connectivity index (χ1n) is 5.96. The molecular weight excluding hydrogens is 236 g/mol. The molecule has 0 heterocycles. The number of ether oxygens (including phenoxy) is 3. The summed E-state index contributed by atoms with van der Waals surface area (Å²) in [7, 11) is 1.32. The predicted molar refractivity (Wildman–Crippen MR) is 64.9 cm³/mol. The van der Waals surface area contributed by atoms with Crippen LogP contribution in [0.1, 0.15) is 34.6 Å². The Kier molecular flexibility index (Phi) is 4.16. The normalized spacial score (nSPS) is 19.1. The molecule has 0 unspecified atom stereocenters. The van der Waals surface area contributed by atoms with Crippen LogP contribution in [0.3, 0.4) is 0 Å². The third-order valence-corrected chi connectivity index (χ3v) is 2.60. The molecule has 18 heavy (non-hydrogen) atoms. The Morgan fingerprint density at radius 2 is 1.22 bits per heavy atom. The van der Waals surface area contributed by atoms with Crippen LogP contribution in [0.15, 0.2) is 11.5 Å². The van der Waals surface area contributed by atoms with E-state index in [9.17, 15) is 9.59 Å². The van der Waals surface area contributed by atoms with Crippen molar-refractivity contribution in [3.8, 4) is 0 Å². The van der Waals surface area contributed by atoms with Crippen molar-refractivity contribution >= 4 is 11.6 Å². The van der Waals surface area contributed by atoms with Crippen LogP contribution in [0.25, 0.3) is 0 Å². The number of hydrogen-bond donors (Lipinski definition) is 0. The van der Waals surface area contributed by atoms with Crippen molar-refractivity contribution in [3.63, 3.8) is 0 Å². The largest absolute Gasteiger partial charge is 0.484 e. The van der Waals surface area contributed by atoms with Gasteiger partial charge in [-0.15, -0.1) is 0 Å². The number of rotatable bonds is 5. The van der Waals surface area contributed by atoms with Gasteiger partial charge in [0.15, 0.2) is 5.60 Å². The molecule has 0 N–H and O–H groups in total. The molecule has 0 amide bonds. The van der Waals surface area contributed by atoms with Gasteiger partial charge in [0.25, 0.3) is 0 Å². The molecule has 0 fully saturated rings. The Hall–Kier alpha value is -1.36. The van der Waals surface area contributed by atoms with Crippen LogP contribution >= 0.6 is 0 Å². The van der Waals surface area contributed by atoms with Gasteiger partial charge in [0.1, 0.15) is 0 Å². The van der Waals surface area contributed by atoms with Crippen molar-refractivity contribution in [1.29, 1.82) is 0 Å². The highest BCUT2D eigenvalue weighted by Gasteiger charge is 2.54. The van der Waals surface area contributed by atoms with Crippen molar-refractivity contribution in [2.45, 2.75) is 52.4 Å². The number of carbonyl (C=O) groups is 2. The molecule has 1 rings (SSSR count). The minimum atomic E-state index is -1.53. The minimum absolute atomic E-state index is 0.0342. The average Bonchev–Trinajstić information content (AvgIpc) is 2.44. The Balaban J connectivity index is 3.19. The highest BCUT2D eigenvalue weighted by atomic mass is 16.6. The lowest BCUT2D eigenvalue weighted by Gasteiger charge is -2.18. The zero-order valence-corrected chi connectivity index (χ0v) is 11.7. The summed E-state index contributed by atoms with van der Waals surface area (Å²) in [6, 6.07) is 0. The lowest BCUT2D eigenvalue weighted by molar-refractivity contribution is -0.148. The molecule has 5 nitrogen and oxygen atoms in total. The summed E-state index contributed by atoms with van der Waals surface area (Å²) >= 11 is 0. The summed E-state index contributed by atoms with van der Waals surface area (Å²) in [5, 5.41) is 0. The van der Waals surface area contributed by atoms with Crippen molar-refractivity contribution < 1.29 is 23.8 Å². The van der Waals surface area contributed by atoms with Gasteiger partial charge < -0.3 is 14.2 Å². The van der Waals surface area contributed by atoms with Crippen LogP contribution in [0.4, 0.5) is 0 Å². The number of Topliss-reactive ketones (excluding diaryl/α,β-unsaturated/α-hetero) is 2. The average molecular weight is 256 g/mol. The first-order valence-corrected chi connectivity index (χ1v) is 5.96. The number of ketones is 2. The second-order valence-electron chi connectivity index (χ2n) is 4.89. The van der Waals surface area contributed by atoms with E-state index in [-0.39, 0.29) is 23.7 Å². The van der Waals surface area contributed by atoms with Crippen molar-refractivity contribution in [3.05, 3.63) is 11.5 Å². The van der Waals surface area contributed by atoms with Gasteiger partial charge >= 0.3 is 0 Å². The molecule has 0 aliphatic heterocycles. The molecular formula is C13H20O5. The molecule has 0 aromatic heterocycles. The maximum atomic E-state index is 12.2. The van der Waals surface area contributed by atoms with Crippen LogP contribution in [0.2, 0.25) is 0 Å². The van der Waals surface area contributed by atoms with Crippen LogP contribution < -0.4 is 0 Å². The van der Waals surface area contributed by atoms with Crippen LogP contribution in [0.5, 0.6) is 0 Å². The second kappa shape index (κ2) is 5.10. The fourth-order valence-electron chi connectivity index (χ4n) is 1.61. The van der Waals surface area contributed by atoms with Gasteiger partial charge in [-0.3, -0.25) is 9.59 Å². The molecule has 0 aromatic carbocycles. The summed E-state index contributed by atoms with van der Waals surface area (Å²) in [5.41, 5.74) is -1.53. The van der Waals surface area contributed by atoms with E-state index in [2.05, 4.69) is 0 Å². The summed E-state index contributed by atoms with van der Waals surface area (Å²) in [6.45, 7) is 8.54. The molecule has 0 bridgehead atoms. The van der Waals surface area contributed by atoms with Gasteiger partial charge in [-0.2, -0.15) is 0 Å². The highest BCUT2D eigenvalue weighted by Crippen LogP contribution is 2.33. The number of carbonyl (C=O) groups excluding carboxylic acids is 2. The topological polar surface area (TPSA) is 61.8 Å². The summed E-state index contributed by atoms with van der Waals surface area (Å²) in [6.07, 6.45) is -0.441. The molecule has 1 aliphatic rings. The van der Waals surface area contributed by atoms with E-state index in [1.807, 2.05) is 0 Å². The monoisotopic (exact) mass is 256 g/mol. The van der Waals surface area contributed by atoms with Crippen molar-refractivity contribution in [2.75, 3.05) is 7.11 Å². The lowest BCUT2D eigenvalue weighted by atomic mass is 10.0. The molecule has 102 valence electrons. The maximum absolute atomic E-state index is 12.2. The van der Waals surface area contributed by atoms with Crippen LogP contribution in [0, 0.1) is 0 Å².